The maximum absolute atomic E-state index is 12.7. The van der Waals surface area contributed by atoms with E-state index in [0.717, 1.165) is 38.6 Å². The fourth-order valence-corrected chi connectivity index (χ4v) is 3.26. The molecule has 0 aromatic rings. The maximum Gasteiger partial charge on any atom is 0.251 e. The topological polar surface area (TPSA) is 48.0 Å². The van der Waals surface area contributed by atoms with E-state index < -0.39 is 0 Å². The molecule has 3 rings (SSSR count). The summed E-state index contributed by atoms with van der Waals surface area (Å²) < 4.78 is 16.6. The molecule has 0 bridgehead atoms. The fourth-order valence-electron chi connectivity index (χ4n) is 3.26. The zero-order valence-electron chi connectivity index (χ0n) is 12.5. The van der Waals surface area contributed by atoms with Crippen molar-refractivity contribution in [1.82, 2.24) is 4.90 Å². The molecule has 2 fully saturated rings. The number of ether oxygens (including phenoxy) is 3. The highest BCUT2D eigenvalue weighted by atomic mass is 16.7. The summed E-state index contributed by atoms with van der Waals surface area (Å²) in [5.41, 5.74) is 0. The van der Waals surface area contributed by atoms with Crippen LogP contribution in [0.5, 0.6) is 0 Å². The Morgan fingerprint density at radius 1 is 1.05 bits per heavy atom. The second-order valence-electron chi connectivity index (χ2n) is 6.07. The molecule has 0 spiro atoms. The molecule has 2 heterocycles. The number of hydrogen-bond donors (Lipinski definition) is 0. The molecule has 2 aliphatic heterocycles. The van der Waals surface area contributed by atoms with Crippen LogP contribution >= 0.6 is 0 Å². The molecule has 0 aromatic heterocycles. The Balaban J connectivity index is 1.60. The molecule has 0 aromatic carbocycles. The molecule has 0 N–H and O–H groups in total. The van der Waals surface area contributed by atoms with Gasteiger partial charge >= 0.3 is 0 Å². The highest BCUT2D eigenvalue weighted by Crippen LogP contribution is 2.22. The van der Waals surface area contributed by atoms with Crippen LogP contribution in [0, 0.1) is 5.92 Å². The highest BCUT2D eigenvalue weighted by Gasteiger charge is 2.32. The lowest BCUT2D eigenvalue weighted by Crippen LogP contribution is -2.45. The van der Waals surface area contributed by atoms with Crippen molar-refractivity contribution >= 4 is 5.91 Å². The highest BCUT2D eigenvalue weighted by molar-refractivity contribution is 5.81. The number of carbonyl (C=O) groups excluding carboxylic acids is 1. The van der Waals surface area contributed by atoms with Gasteiger partial charge in [0.05, 0.1) is 19.8 Å². The Morgan fingerprint density at radius 2 is 1.90 bits per heavy atom. The van der Waals surface area contributed by atoms with Crippen molar-refractivity contribution < 1.29 is 19.0 Å². The molecular formula is C16H25NO4. The zero-order valence-corrected chi connectivity index (χ0v) is 12.5. The van der Waals surface area contributed by atoms with Crippen LogP contribution in [0.4, 0.5) is 0 Å². The maximum atomic E-state index is 12.7. The molecule has 0 unspecified atom stereocenters. The van der Waals surface area contributed by atoms with E-state index in [1.807, 2.05) is 4.90 Å². The van der Waals surface area contributed by atoms with Gasteiger partial charge in [0.1, 0.15) is 6.10 Å². The average Bonchev–Trinajstić information content (AvgIpc) is 3.20. The lowest BCUT2D eigenvalue weighted by atomic mass is 9.93. The Hall–Kier alpha value is -0.910. The van der Waals surface area contributed by atoms with Crippen molar-refractivity contribution in [1.29, 1.82) is 0 Å². The molecular weight excluding hydrogens is 270 g/mol. The van der Waals surface area contributed by atoms with E-state index in [1.54, 1.807) is 0 Å². The van der Waals surface area contributed by atoms with Crippen molar-refractivity contribution in [3.63, 3.8) is 0 Å². The number of allylic oxidation sites excluding steroid dienone is 2. The van der Waals surface area contributed by atoms with Crippen LogP contribution in [0.15, 0.2) is 12.2 Å². The standard InChI is InChI=1S/C16H25NO4/c18-16(14-7-4-8-19-14)17(12-15-20-9-10-21-15)11-13-5-2-1-3-6-13/h1-2,13-15H,3-12H2/t13-,14+/m0/s1. The van der Waals surface area contributed by atoms with E-state index in [4.69, 9.17) is 14.2 Å². The quantitative estimate of drug-likeness (QED) is 0.725. The van der Waals surface area contributed by atoms with Gasteiger partial charge in [-0.25, -0.2) is 0 Å². The SMILES string of the molecule is O=C([C@H]1CCCO1)N(CC1OCCO1)C[C@H]1CC=CCC1. The third-order valence-corrected chi connectivity index (χ3v) is 4.43. The molecule has 2 saturated heterocycles. The van der Waals surface area contributed by atoms with Gasteiger partial charge in [-0.1, -0.05) is 12.2 Å². The smallest absolute Gasteiger partial charge is 0.251 e. The third kappa shape index (κ3) is 4.05. The van der Waals surface area contributed by atoms with Gasteiger partial charge in [-0.3, -0.25) is 4.79 Å². The first kappa shape index (κ1) is 15.0. The van der Waals surface area contributed by atoms with Crippen LogP contribution in [0.2, 0.25) is 0 Å². The molecule has 5 nitrogen and oxygen atoms in total. The van der Waals surface area contributed by atoms with Crippen molar-refractivity contribution in [2.24, 2.45) is 5.92 Å². The lowest BCUT2D eigenvalue weighted by Gasteiger charge is -2.31. The van der Waals surface area contributed by atoms with E-state index in [2.05, 4.69) is 12.2 Å². The second-order valence-corrected chi connectivity index (χ2v) is 6.07. The number of nitrogens with zero attached hydrogens (tertiary/aromatic N) is 1. The van der Waals surface area contributed by atoms with Crippen molar-refractivity contribution in [2.75, 3.05) is 32.9 Å². The van der Waals surface area contributed by atoms with Gasteiger partial charge in [0.2, 0.25) is 0 Å². The summed E-state index contributed by atoms with van der Waals surface area (Å²) in [5, 5.41) is 0. The van der Waals surface area contributed by atoms with Crippen LogP contribution in [0.1, 0.15) is 32.1 Å². The van der Waals surface area contributed by atoms with Gasteiger partial charge in [0, 0.05) is 13.2 Å². The van der Waals surface area contributed by atoms with Gasteiger partial charge < -0.3 is 19.1 Å². The Bertz CT molecular complexity index is 372. The van der Waals surface area contributed by atoms with Crippen LogP contribution in [0.25, 0.3) is 0 Å². The summed E-state index contributed by atoms with van der Waals surface area (Å²) >= 11 is 0. The van der Waals surface area contributed by atoms with Gasteiger partial charge in [-0.15, -0.1) is 0 Å². The van der Waals surface area contributed by atoms with Crippen LogP contribution in [0.3, 0.4) is 0 Å². The zero-order chi connectivity index (χ0) is 14.5. The van der Waals surface area contributed by atoms with Gasteiger partial charge in [-0.05, 0) is 38.0 Å². The summed E-state index contributed by atoms with van der Waals surface area (Å²) in [7, 11) is 0. The number of carbonyl (C=O) groups is 1. The van der Waals surface area contributed by atoms with E-state index >= 15 is 0 Å². The second kappa shape index (κ2) is 7.38. The molecule has 1 aliphatic carbocycles. The molecule has 3 aliphatic rings. The van der Waals surface area contributed by atoms with Crippen molar-refractivity contribution in [3.05, 3.63) is 12.2 Å². The normalized spacial score (nSPS) is 29.9. The first-order valence-electron chi connectivity index (χ1n) is 8.11. The molecule has 5 heteroatoms. The first-order chi connectivity index (χ1) is 10.3. The van der Waals surface area contributed by atoms with E-state index in [1.165, 1.54) is 0 Å². The minimum absolute atomic E-state index is 0.112. The minimum Gasteiger partial charge on any atom is -0.368 e. The van der Waals surface area contributed by atoms with E-state index in [9.17, 15) is 4.79 Å². The van der Waals surface area contributed by atoms with Crippen LogP contribution in [-0.4, -0.2) is 56.1 Å². The summed E-state index contributed by atoms with van der Waals surface area (Å²) in [6.45, 7) is 3.26. The summed E-state index contributed by atoms with van der Waals surface area (Å²) in [5.74, 6) is 0.655. The average molecular weight is 295 g/mol. The van der Waals surface area contributed by atoms with Crippen molar-refractivity contribution in [3.8, 4) is 0 Å². The molecule has 1 amide bonds. The molecule has 0 radical (unpaired) electrons. The Kier molecular flexibility index (Phi) is 5.27. The number of amides is 1. The van der Waals surface area contributed by atoms with Gasteiger partial charge in [0.25, 0.3) is 5.91 Å². The summed E-state index contributed by atoms with van der Waals surface area (Å²) in [4.78, 5) is 14.6. The molecule has 2 atom stereocenters. The minimum atomic E-state index is -0.269. The van der Waals surface area contributed by atoms with Crippen LogP contribution in [-0.2, 0) is 19.0 Å². The van der Waals surface area contributed by atoms with E-state index in [-0.39, 0.29) is 18.3 Å². The predicted octanol–water partition coefficient (Wildman–Crippen LogP) is 1.72. The van der Waals surface area contributed by atoms with Crippen molar-refractivity contribution in [2.45, 2.75) is 44.5 Å². The largest absolute Gasteiger partial charge is 0.368 e. The first-order valence-corrected chi connectivity index (χ1v) is 8.11. The summed E-state index contributed by atoms with van der Waals surface area (Å²) in [6.07, 6.45) is 9.07. The monoisotopic (exact) mass is 295 g/mol. The Morgan fingerprint density at radius 3 is 2.57 bits per heavy atom. The number of rotatable bonds is 5. The third-order valence-electron chi connectivity index (χ3n) is 4.43. The molecule has 21 heavy (non-hydrogen) atoms. The fraction of sp³-hybridized carbons (Fsp3) is 0.812. The van der Waals surface area contributed by atoms with Crippen LogP contribution < -0.4 is 0 Å². The number of hydrogen-bond acceptors (Lipinski definition) is 4. The van der Waals surface area contributed by atoms with Gasteiger partial charge in [-0.2, -0.15) is 0 Å². The van der Waals surface area contributed by atoms with Gasteiger partial charge in [0.15, 0.2) is 6.29 Å². The molecule has 0 saturated carbocycles. The Labute approximate surface area is 126 Å². The summed E-state index contributed by atoms with van der Waals surface area (Å²) in [6, 6.07) is 0. The van der Waals surface area contributed by atoms with E-state index in [0.29, 0.717) is 32.3 Å². The lowest BCUT2D eigenvalue weighted by molar-refractivity contribution is -0.147. The molecule has 118 valence electrons. The predicted molar refractivity (Wildman–Crippen MR) is 77.7 cm³/mol.